The van der Waals surface area contributed by atoms with E-state index in [1.54, 1.807) is 32.5 Å². The summed E-state index contributed by atoms with van der Waals surface area (Å²) in [6, 6.07) is 7.59. The number of methoxy groups -OCH3 is 2. The molecule has 1 aromatic heterocycles. The predicted octanol–water partition coefficient (Wildman–Crippen LogP) is 2.28. The van der Waals surface area contributed by atoms with E-state index in [1.165, 1.54) is 6.08 Å². The van der Waals surface area contributed by atoms with Crippen molar-refractivity contribution in [2.75, 3.05) is 14.2 Å². The molecule has 7 heteroatoms. The van der Waals surface area contributed by atoms with Gasteiger partial charge in [0.2, 0.25) is 0 Å². The predicted molar refractivity (Wildman–Crippen MR) is 91.9 cm³/mol. The quantitative estimate of drug-likeness (QED) is 0.622. The van der Waals surface area contributed by atoms with Crippen LogP contribution in [0, 0.1) is 11.3 Å². The van der Waals surface area contributed by atoms with Crippen LogP contribution in [0.3, 0.4) is 0 Å². The summed E-state index contributed by atoms with van der Waals surface area (Å²) < 4.78 is 10.6. The van der Waals surface area contributed by atoms with E-state index in [2.05, 4.69) is 15.5 Å². The summed E-state index contributed by atoms with van der Waals surface area (Å²) in [5, 5.41) is 19.0. The van der Waals surface area contributed by atoms with Gasteiger partial charge in [-0.25, -0.2) is 0 Å². The Morgan fingerprint density at radius 1 is 1.36 bits per heavy atom. The Hall–Kier alpha value is -3.27. The second-order valence-corrected chi connectivity index (χ2v) is 5.69. The minimum absolute atomic E-state index is 0.0510. The number of hydrogen-bond acceptors (Lipinski definition) is 5. The zero-order valence-electron chi connectivity index (χ0n) is 14.0. The first-order valence-corrected chi connectivity index (χ1v) is 7.84. The summed E-state index contributed by atoms with van der Waals surface area (Å²) in [5.74, 6) is 0.838. The Balaban J connectivity index is 1.93. The molecule has 0 bridgehead atoms. The molecule has 3 rings (SSSR count). The molecule has 0 saturated heterocycles. The van der Waals surface area contributed by atoms with Crippen LogP contribution in [-0.2, 0) is 4.79 Å². The second kappa shape index (κ2) is 7.09. The number of nitrogens with one attached hydrogen (secondary N) is 2. The molecule has 0 radical (unpaired) electrons. The van der Waals surface area contributed by atoms with Gasteiger partial charge >= 0.3 is 0 Å². The summed E-state index contributed by atoms with van der Waals surface area (Å²) in [4.78, 5) is 12.1. The average molecular weight is 338 g/mol. The number of rotatable bonds is 6. The largest absolute Gasteiger partial charge is 0.493 e. The SMILES string of the molecule is COc1ccc(-c2[nH]ncc2C=C(C#N)C(=O)NC2CC2)cc1OC. The van der Waals surface area contributed by atoms with Gasteiger partial charge in [0.05, 0.1) is 26.1 Å². The molecule has 1 amide bonds. The van der Waals surface area contributed by atoms with Crippen molar-refractivity contribution in [3.8, 4) is 28.8 Å². The molecule has 2 N–H and O–H groups in total. The average Bonchev–Trinajstić information content (AvgIpc) is 3.33. The fourth-order valence-corrected chi connectivity index (χ4v) is 2.42. The van der Waals surface area contributed by atoms with Crippen LogP contribution in [-0.4, -0.2) is 36.4 Å². The number of carbonyl (C=O) groups excluding carboxylic acids is 1. The van der Waals surface area contributed by atoms with Gasteiger partial charge in [0.15, 0.2) is 11.5 Å². The number of carbonyl (C=O) groups is 1. The molecule has 1 saturated carbocycles. The molecule has 25 heavy (non-hydrogen) atoms. The lowest BCUT2D eigenvalue weighted by atomic mass is 10.1. The van der Waals surface area contributed by atoms with Crippen LogP contribution >= 0.6 is 0 Å². The monoisotopic (exact) mass is 338 g/mol. The molecule has 1 aliphatic carbocycles. The van der Waals surface area contributed by atoms with Gasteiger partial charge in [-0.05, 0) is 37.1 Å². The van der Waals surface area contributed by atoms with Crippen LogP contribution in [0.25, 0.3) is 17.3 Å². The molecule has 7 nitrogen and oxygen atoms in total. The van der Waals surface area contributed by atoms with E-state index in [0.717, 1.165) is 18.4 Å². The molecular formula is C18H18N4O3. The van der Waals surface area contributed by atoms with Crippen LogP contribution in [0.15, 0.2) is 30.0 Å². The number of amides is 1. The highest BCUT2D eigenvalue weighted by Gasteiger charge is 2.25. The Bertz CT molecular complexity index is 859. The maximum absolute atomic E-state index is 12.1. The van der Waals surface area contributed by atoms with E-state index >= 15 is 0 Å². The maximum atomic E-state index is 12.1. The second-order valence-electron chi connectivity index (χ2n) is 5.69. The van der Waals surface area contributed by atoms with Gasteiger partial charge in [0.25, 0.3) is 5.91 Å². The molecular weight excluding hydrogens is 320 g/mol. The Labute approximate surface area is 145 Å². The van der Waals surface area contributed by atoms with Crippen LogP contribution < -0.4 is 14.8 Å². The number of aromatic nitrogens is 2. The van der Waals surface area contributed by atoms with Crippen molar-refractivity contribution >= 4 is 12.0 Å². The third-order valence-corrected chi connectivity index (χ3v) is 3.92. The van der Waals surface area contributed by atoms with Crippen LogP contribution in [0.4, 0.5) is 0 Å². The molecule has 1 aromatic carbocycles. The van der Waals surface area contributed by atoms with Crippen molar-refractivity contribution in [1.29, 1.82) is 5.26 Å². The molecule has 0 spiro atoms. The molecule has 0 unspecified atom stereocenters. The van der Waals surface area contributed by atoms with Crippen molar-refractivity contribution in [3.05, 3.63) is 35.5 Å². The molecule has 1 aliphatic rings. The number of aromatic amines is 1. The van der Waals surface area contributed by atoms with Gasteiger partial charge in [-0.2, -0.15) is 10.4 Å². The lowest BCUT2D eigenvalue weighted by Gasteiger charge is -2.09. The number of nitrogens with zero attached hydrogens (tertiary/aromatic N) is 2. The summed E-state index contributed by atoms with van der Waals surface area (Å²) in [5.41, 5.74) is 2.19. The molecule has 2 aromatic rings. The lowest BCUT2D eigenvalue weighted by molar-refractivity contribution is -0.117. The fourth-order valence-electron chi connectivity index (χ4n) is 2.42. The first kappa shape index (κ1) is 16.6. The molecule has 0 atom stereocenters. The van der Waals surface area contributed by atoms with Crippen molar-refractivity contribution in [2.24, 2.45) is 0 Å². The van der Waals surface area contributed by atoms with E-state index in [1.807, 2.05) is 12.1 Å². The number of ether oxygens (including phenoxy) is 2. The lowest BCUT2D eigenvalue weighted by Crippen LogP contribution is -2.26. The normalized spacial score (nSPS) is 13.9. The summed E-state index contributed by atoms with van der Waals surface area (Å²) in [7, 11) is 3.13. The smallest absolute Gasteiger partial charge is 0.262 e. The summed E-state index contributed by atoms with van der Waals surface area (Å²) >= 11 is 0. The van der Waals surface area contributed by atoms with Gasteiger partial charge in [-0.15, -0.1) is 0 Å². The molecule has 128 valence electrons. The first-order chi connectivity index (χ1) is 12.2. The Morgan fingerprint density at radius 2 is 2.12 bits per heavy atom. The van der Waals surface area contributed by atoms with Crippen molar-refractivity contribution in [2.45, 2.75) is 18.9 Å². The van der Waals surface area contributed by atoms with E-state index in [0.29, 0.717) is 22.8 Å². The minimum Gasteiger partial charge on any atom is -0.493 e. The fraction of sp³-hybridized carbons (Fsp3) is 0.278. The minimum atomic E-state index is -0.357. The number of hydrogen-bond donors (Lipinski definition) is 2. The summed E-state index contributed by atoms with van der Waals surface area (Å²) in [6.45, 7) is 0. The molecule has 0 aliphatic heterocycles. The highest BCUT2D eigenvalue weighted by atomic mass is 16.5. The van der Waals surface area contributed by atoms with E-state index < -0.39 is 0 Å². The van der Waals surface area contributed by atoms with E-state index in [-0.39, 0.29) is 17.5 Å². The first-order valence-electron chi connectivity index (χ1n) is 7.84. The van der Waals surface area contributed by atoms with Crippen LogP contribution in [0.2, 0.25) is 0 Å². The van der Waals surface area contributed by atoms with Crippen molar-refractivity contribution in [1.82, 2.24) is 15.5 Å². The van der Waals surface area contributed by atoms with Crippen molar-refractivity contribution in [3.63, 3.8) is 0 Å². The Morgan fingerprint density at radius 3 is 2.76 bits per heavy atom. The number of H-pyrrole nitrogens is 1. The highest BCUT2D eigenvalue weighted by molar-refractivity contribution is 6.02. The van der Waals surface area contributed by atoms with E-state index in [4.69, 9.17) is 9.47 Å². The molecule has 1 fully saturated rings. The standard InChI is InChI=1S/C18H18N4O3/c1-24-15-6-3-11(8-16(15)25-2)17-13(10-20-22-17)7-12(9-19)18(23)21-14-4-5-14/h3,6-8,10,14H,4-5H2,1-2H3,(H,20,22)(H,21,23). The maximum Gasteiger partial charge on any atom is 0.262 e. The zero-order valence-corrected chi connectivity index (χ0v) is 14.0. The Kier molecular flexibility index (Phi) is 4.70. The summed E-state index contributed by atoms with van der Waals surface area (Å²) in [6.07, 6.45) is 5.04. The topological polar surface area (TPSA) is 100 Å². The number of nitriles is 1. The third kappa shape index (κ3) is 3.63. The molecule has 1 heterocycles. The van der Waals surface area contributed by atoms with Crippen molar-refractivity contribution < 1.29 is 14.3 Å². The van der Waals surface area contributed by atoms with Gasteiger partial charge < -0.3 is 14.8 Å². The van der Waals surface area contributed by atoms with Crippen LogP contribution in [0.1, 0.15) is 18.4 Å². The highest BCUT2D eigenvalue weighted by Crippen LogP contribution is 2.33. The van der Waals surface area contributed by atoms with Gasteiger partial charge in [-0.1, -0.05) is 0 Å². The van der Waals surface area contributed by atoms with Crippen LogP contribution in [0.5, 0.6) is 11.5 Å². The van der Waals surface area contributed by atoms with Gasteiger partial charge in [0, 0.05) is 17.2 Å². The number of benzene rings is 1. The van der Waals surface area contributed by atoms with E-state index in [9.17, 15) is 10.1 Å². The van der Waals surface area contributed by atoms with Gasteiger partial charge in [-0.3, -0.25) is 9.89 Å². The zero-order chi connectivity index (χ0) is 17.8. The van der Waals surface area contributed by atoms with Gasteiger partial charge in [0.1, 0.15) is 11.6 Å². The third-order valence-electron chi connectivity index (χ3n) is 3.92.